The Hall–Kier alpha value is -7.15. The highest BCUT2D eigenvalue weighted by Gasteiger charge is 2.74. The zero-order chi connectivity index (χ0) is 54.9. The number of hydrogen-bond acceptors (Lipinski definition) is 18. The van der Waals surface area contributed by atoms with Gasteiger partial charge in [-0.3, -0.25) is 9.59 Å². The van der Waals surface area contributed by atoms with E-state index in [1.54, 1.807) is 18.3 Å². The van der Waals surface area contributed by atoms with Crippen molar-refractivity contribution >= 4 is 29.1 Å². The van der Waals surface area contributed by atoms with E-state index in [9.17, 15) is 50.1 Å². The van der Waals surface area contributed by atoms with Gasteiger partial charge < -0.3 is 94.7 Å². The van der Waals surface area contributed by atoms with Crippen molar-refractivity contribution in [1.82, 2.24) is 9.55 Å². The van der Waals surface area contributed by atoms with Crippen LogP contribution in [-0.2, 0) is 37.0 Å². The molecule has 14 rings (SSSR count). The Morgan fingerprint density at radius 2 is 1.76 bits per heavy atom. The second-order valence-corrected chi connectivity index (χ2v) is 22.1. The van der Waals surface area contributed by atoms with Gasteiger partial charge in [0.2, 0.25) is 18.0 Å². The highest BCUT2D eigenvalue weighted by atomic mass is 16.7. The van der Waals surface area contributed by atoms with Gasteiger partial charge in [0.15, 0.2) is 30.0 Å². The summed E-state index contributed by atoms with van der Waals surface area (Å²) >= 11 is 0. The molecule has 2 aliphatic carbocycles. The second-order valence-electron chi connectivity index (χ2n) is 22.1. The number of aliphatic hydroxyl groups is 6. The van der Waals surface area contributed by atoms with Crippen molar-refractivity contribution in [3.63, 3.8) is 0 Å². The molecule has 21 heteroatoms. The molecular formula is C58H58N4O17. The van der Waals surface area contributed by atoms with Crippen LogP contribution in [0.25, 0.3) is 10.9 Å². The summed E-state index contributed by atoms with van der Waals surface area (Å²) in [5.41, 5.74) is 11.5. The third-order valence-electron chi connectivity index (χ3n) is 18.4. The Morgan fingerprint density at radius 1 is 0.949 bits per heavy atom. The van der Waals surface area contributed by atoms with E-state index in [2.05, 4.69) is 28.7 Å². The van der Waals surface area contributed by atoms with E-state index >= 15 is 0 Å². The number of H-pyrrole nitrogens is 1. The van der Waals surface area contributed by atoms with Crippen molar-refractivity contribution in [2.24, 2.45) is 34.1 Å². The molecule has 0 radical (unpaired) electrons. The molecule has 1 spiro atoms. The third-order valence-corrected chi connectivity index (χ3v) is 18.4. The van der Waals surface area contributed by atoms with E-state index in [0.29, 0.717) is 39.8 Å². The Morgan fingerprint density at radius 3 is 2.52 bits per heavy atom. The monoisotopic (exact) mass is 1080 g/mol. The molecule has 2 aromatic heterocycles. The highest BCUT2D eigenvalue weighted by molar-refractivity contribution is 5.97. The zero-order valence-corrected chi connectivity index (χ0v) is 42.4. The van der Waals surface area contributed by atoms with Crippen molar-refractivity contribution in [1.29, 1.82) is 0 Å². The fraction of sp³-hybridized carbons (Fsp3) is 0.466. The molecule has 3 aromatic carbocycles. The van der Waals surface area contributed by atoms with Crippen LogP contribution in [0, 0.1) is 46.3 Å². The Balaban J connectivity index is 1.11. The number of ether oxygens (including phenoxy) is 7. The molecule has 5 aromatic rings. The fourth-order valence-electron chi connectivity index (χ4n) is 14.9. The van der Waals surface area contributed by atoms with Gasteiger partial charge in [0.05, 0.1) is 35.8 Å². The van der Waals surface area contributed by atoms with Gasteiger partial charge >= 0.3 is 11.9 Å². The van der Waals surface area contributed by atoms with Crippen LogP contribution in [0.5, 0.6) is 28.7 Å². The molecule has 412 valence electrons. The quantitative estimate of drug-likeness (QED) is 0.0314. The van der Waals surface area contributed by atoms with Crippen LogP contribution in [0.15, 0.2) is 67.0 Å². The number of rotatable bonds is 10. The van der Waals surface area contributed by atoms with Crippen LogP contribution in [0.4, 0.5) is 0 Å². The normalized spacial score (nSPS) is 35.3. The number of aromatic amines is 1. The Kier molecular flexibility index (Phi) is 12.3. The maximum Gasteiger partial charge on any atom is 0.333 e. The first-order chi connectivity index (χ1) is 38.1. The molecule has 12 N–H and O–H groups in total. The van der Waals surface area contributed by atoms with Crippen molar-refractivity contribution in [3.05, 3.63) is 101 Å². The van der Waals surface area contributed by atoms with E-state index in [4.69, 9.17) is 44.6 Å². The number of aliphatic carboxylic acids is 1. The number of carboxylic acids is 1. The predicted molar refractivity (Wildman–Crippen MR) is 273 cm³/mol. The van der Waals surface area contributed by atoms with Crippen molar-refractivity contribution in [2.75, 3.05) is 13.4 Å². The zero-order valence-electron chi connectivity index (χ0n) is 42.4. The summed E-state index contributed by atoms with van der Waals surface area (Å²) in [6.45, 7) is -1.38. The lowest BCUT2D eigenvalue weighted by atomic mass is 9.56. The predicted octanol–water partition coefficient (Wildman–Crippen LogP) is 2.04. The van der Waals surface area contributed by atoms with Crippen LogP contribution in [-0.4, -0.2) is 132 Å². The van der Waals surface area contributed by atoms with Gasteiger partial charge in [-0.1, -0.05) is 60.1 Å². The van der Waals surface area contributed by atoms with Crippen LogP contribution < -0.4 is 35.2 Å². The van der Waals surface area contributed by atoms with E-state index in [1.807, 2.05) is 53.2 Å². The maximum absolute atomic E-state index is 14.0. The average molecular weight is 1080 g/mol. The van der Waals surface area contributed by atoms with E-state index in [1.165, 1.54) is 0 Å². The number of nitrogens with zero attached hydrogens (tertiary/aromatic N) is 1. The van der Waals surface area contributed by atoms with Gasteiger partial charge in [-0.15, -0.1) is 0 Å². The number of aliphatic hydroxyl groups excluding tert-OH is 5. The standard InChI is InChI=1S/C58H58N4O17/c59-52(60)50-49-44(67)51(68)58(72)55(79-49)76-38-20-39-41(48-42-32-8-9-37(74-26-65)47(46(32)77-48)73-25-30(66)6-7-31(45(42)75-39)27-4-2-1-3-5-27)34(23-62-22-28-13-18-61-43(28)36(62)24-64)40(38)35-12-15-56(17-19-63,29-10-16-57(35,58)21-29)14-11-33(53(69)70)54(71)78-50/h1-5,8-9,13,18-20,22,29-31,33,35,42,44-45,48-52,55,61,64-68,72H,10,12,15-17,21,23-26,59-60H2,(H,69,70). The highest BCUT2D eigenvalue weighted by Crippen LogP contribution is 2.71. The number of carbonyl (C=O) groups is 3. The number of benzene rings is 3. The second kappa shape index (κ2) is 19.0. The van der Waals surface area contributed by atoms with Crippen LogP contribution in [0.1, 0.15) is 95.9 Å². The molecule has 0 amide bonds. The Bertz CT molecular complexity index is 3430. The van der Waals surface area contributed by atoms with Crippen LogP contribution in [0.2, 0.25) is 0 Å². The van der Waals surface area contributed by atoms with E-state index < -0.39 is 127 Å². The summed E-state index contributed by atoms with van der Waals surface area (Å²) in [7, 11) is 0. The fourth-order valence-corrected chi connectivity index (χ4v) is 14.9. The minimum absolute atomic E-state index is 0.00791. The molecule has 16 atom stereocenters. The van der Waals surface area contributed by atoms with Gasteiger partial charge in [0, 0.05) is 64.3 Å². The molecule has 21 nitrogen and oxygen atoms in total. The molecule has 3 fully saturated rings. The number of fused-ring (bicyclic) bond motifs is 10. The first kappa shape index (κ1) is 51.3. The maximum atomic E-state index is 14.0. The number of carboxylic acid groups (broad SMARTS) is 1. The third kappa shape index (κ3) is 7.55. The van der Waals surface area contributed by atoms with Gasteiger partial charge in [-0.05, 0) is 67.2 Å². The van der Waals surface area contributed by atoms with E-state index in [0.717, 1.165) is 10.9 Å². The molecule has 79 heavy (non-hydrogen) atoms. The summed E-state index contributed by atoms with van der Waals surface area (Å²) in [6.07, 6.45) is -9.61. The number of nitrogens with two attached hydrogens (primary N) is 2. The summed E-state index contributed by atoms with van der Waals surface area (Å²) in [5.74, 6) is 5.05. The molecule has 1 saturated heterocycles. The van der Waals surface area contributed by atoms with E-state index in [-0.39, 0.29) is 80.4 Å². The van der Waals surface area contributed by atoms with Gasteiger partial charge in [0.1, 0.15) is 61.0 Å². The van der Waals surface area contributed by atoms with Crippen molar-refractivity contribution < 1.29 is 83.3 Å². The first-order valence-corrected chi connectivity index (χ1v) is 26.5. The molecule has 2 saturated carbocycles. The molecule has 9 heterocycles. The summed E-state index contributed by atoms with van der Waals surface area (Å²) in [6, 6.07) is 16.5. The largest absolute Gasteiger partial charge is 0.487 e. The summed E-state index contributed by atoms with van der Waals surface area (Å²) in [5, 5.41) is 83.1. The Labute approximate surface area is 451 Å². The summed E-state index contributed by atoms with van der Waals surface area (Å²) < 4.78 is 48.2. The molecule has 7 aliphatic heterocycles. The van der Waals surface area contributed by atoms with Crippen molar-refractivity contribution in [3.8, 4) is 52.4 Å². The topological polar surface area (TPSA) is 330 Å². The first-order valence-electron chi connectivity index (χ1n) is 26.5. The smallest absolute Gasteiger partial charge is 0.333 e. The molecule has 10 bridgehead atoms. The van der Waals surface area contributed by atoms with Crippen molar-refractivity contribution in [2.45, 2.75) is 130 Å². The molecule has 9 aliphatic rings. The lowest BCUT2D eigenvalue weighted by Gasteiger charge is -2.57. The SMILES string of the molecule is NC(N)C1OC(=O)C(C(=O)O)C#CC2(CC=O)CCC3c4c(cc5c(c4Cn4cc6cc[nH]c6c4CO)C4Oc6c7ccc(OCO)c6OCC(O)C#CC(c6ccccc6)C(O5)C74)OC4OC1C(O)C(O)C4(O)C31CCC2C1. The molecular weight excluding hydrogens is 1020 g/mol. The van der Waals surface area contributed by atoms with Gasteiger partial charge in [-0.25, -0.2) is 0 Å². The van der Waals surface area contributed by atoms with Crippen LogP contribution >= 0.6 is 0 Å². The minimum Gasteiger partial charge on any atom is -0.487 e. The number of nitrogens with one attached hydrogen (secondary N) is 1. The lowest BCUT2D eigenvalue weighted by molar-refractivity contribution is -0.358. The molecule has 16 unspecified atom stereocenters. The number of hydrogen-bond donors (Lipinski definition) is 10. The minimum atomic E-state index is -2.50. The number of aldehydes is 1. The number of esters is 1. The van der Waals surface area contributed by atoms with Gasteiger partial charge in [0.25, 0.3) is 0 Å². The summed E-state index contributed by atoms with van der Waals surface area (Å²) in [4.78, 5) is 43.1. The van der Waals surface area contributed by atoms with Crippen LogP contribution in [0.3, 0.4) is 0 Å². The number of carbonyl (C=O) groups excluding carboxylic acids is 2. The average Bonchev–Trinajstić information content (AvgIpc) is 2.51. The number of aromatic nitrogens is 2. The lowest BCUT2D eigenvalue weighted by Crippen LogP contribution is -2.76. The van der Waals surface area contributed by atoms with Gasteiger partial charge in [-0.2, -0.15) is 0 Å².